The number of hydrogen-bond donors (Lipinski definition) is 0. The molecule has 3 nitrogen and oxygen atoms in total. The Morgan fingerprint density at radius 2 is 2.17 bits per heavy atom. The lowest BCUT2D eigenvalue weighted by atomic mass is 11.6. The smallest absolute Gasteiger partial charge is 0.209 e. The molecule has 0 amide bonds. The van der Waals surface area contributed by atoms with Crippen LogP contribution in [0.15, 0.2) is 10.2 Å². The predicted octanol–water partition coefficient (Wildman–Crippen LogP) is 0.340. The number of rotatable bonds is 1. The number of thiocarbonyl (C=S) groups is 1. The number of isocyanates is 1. The van der Waals surface area contributed by atoms with Crippen molar-refractivity contribution in [1.29, 1.82) is 0 Å². The summed E-state index contributed by atoms with van der Waals surface area (Å²) in [5, 5.41) is 7.40. The Labute approximate surface area is 39.4 Å². The van der Waals surface area contributed by atoms with Gasteiger partial charge in [0.2, 0.25) is 0 Å². The van der Waals surface area contributed by atoms with E-state index in [-0.39, 0.29) is 0 Å². The van der Waals surface area contributed by atoms with Crippen molar-refractivity contribution in [2.24, 2.45) is 10.2 Å². The molecule has 0 radical (unpaired) electrons. The lowest BCUT2D eigenvalue weighted by Gasteiger charge is -1.46. The van der Waals surface area contributed by atoms with Crippen LogP contribution in [0.3, 0.4) is 0 Å². The van der Waals surface area contributed by atoms with Crippen LogP contribution in [0.4, 0.5) is 0 Å². The van der Waals surface area contributed by atoms with Gasteiger partial charge in [-0.2, -0.15) is 0 Å². The molecule has 0 heterocycles. The molecule has 0 aliphatic carbocycles. The molecule has 0 aliphatic rings. The van der Waals surface area contributed by atoms with Crippen LogP contribution in [0.2, 0.25) is 0 Å². The van der Waals surface area contributed by atoms with Crippen LogP contribution in [-0.2, 0) is 4.79 Å². The van der Waals surface area contributed by atoms with Gasteiger partial charge < -0.3 is 0 Å². The predicted molar refractivity (Wildman–Crippen MR) is 23.1 cm³/mol. The molecule has 0 fully saturated rings. The van der Waals surface area contributed by atoms with E-state index >= 15 is 0 Å². The van der Waals surface area contributed by atoms with Gasteiger partial charge >= 0.3 is 0 Å². The fraction of sp³-hybridized carbons (Fsp3) is 0. The highest BCUT2D eigenvalue weighted by molar-refractivity contribution is 7.78. The van der Waals surface area contributed by atoms with E-state index in [0.717, 1.165) is 6.08 Å². The molecule has 4 heteroatoms. The molecule has 0 bridgehead atoms. The normalized spacial score (nSPS) is 4.67. The van der Waals surface area contributed by atoms with Gasteiger partial charge in [-0.05, 0) is 12.2 Å². The molecule has 0 atom stereocenters. The van der Waals surface area contributed by atoms with E-state index in [1.807, 2.05) is 5.16 Å². The second-order valence-electron chi connectivity index (χ2n) is 0.383. The molecule has 0 saturated carbocycles. The summed E-state index contributed by atoms with van der Waals surface area (Å²) in [7, 11) is 0. The molecule has 0 saturated heterocycles. The Morgan fingerprint density at radius 1 is 1.50 bits per heavy atom. The number of hydrogen-bond acceptors (Lipinski definition) is 4. The minimum Gasteiger partial charge on any atom is -0.209 e. The van der Waals surface area contributed by atoms with E-state index in [2.05, 4.69) is 22.4 Å². The van der Waals surface area contributed by atoms with E-state index < -0.39 is 0 Å². The van der Waals surface area contributed by atoms with Crippen molar-refractivity contribution in [3.63, 3.8) is 0 Å². The van der Waals surface area contributed by atoms with Gasteiger partial charge in [0, 0.05) is 0 Å². The average Bonchev–Trinajstić information content (AvgIpc) is 1.61. The topological polar surface area (TPSA) is 41.8 Å². The zero-order valence-electron chi connectivity index (χ0n) is 2.71. The Morgan fingerprint density at radius 3 is 2.33 bits per heavy atom. The molecule has 0 aliphatic heterocycles. The molecule has 0 aromatic carbocycles. The molecule has 0 aromatic rings. The van der Waals surface area contributed by atoms with Gasteiger partial charge in [0.05, 0.1) is 5.16 Å². The van der Waals surface area contributed by atoms with E-state index in [4.69, 9.17) is 4.79 Å². The molecule has 0 spiro atoms. The third-order valence-electron chi connectivity index (χ3n) is 0.132. The van der Waals surface area contributed by atoms with Crippen LogP contribution >= 0.6 is 12.2 Å². The van der Waals surface area contributed by atoms with Crippen molar-refractivity contribution >= 4 is 23.5 Å². The third-order valence-corrected chi connectivity index (χ3v) is 0.213. The quantitative estimate of drug-likeness (QED) is 0.206. The summed E-state index contributed by atoms with van der Waals surface area (Å²) in [4.78, 5) is 9.09. The highest BCUT2D eigenvalue weighted by Gasteiger charge is 1.46. The van der Waals surface area contributed by atoms with Gasteiger partial charge in [0.25, 0.3) is 6.08 Å². The molecule has 6 heavy (non-hydrogen) atoms. The number of isothiocyanates is 1. The Hall–Kier alpha value is -0.820. The summed E-state index contributed by atoms with van der Waals surface area (Å²) in [5.74, 6) is 0. The first-order valence-corrected chi connectivity index (χ1v) is 1.46. The van der Waals surface area contributed by atoms with Gasteiger partial charge in [-0.25, -0.2) is 4.79 Å². The first kappa shape index (κ1) is 5.18. The second-order valence-corrected chi connectivity index (χ2v) is 0.565. The highest BCUT2D eigenvalue weighted by atomic mass is 32.1. The van der Waals surface area contributed by atoms with E-state index in [1.54, 1.807) is 0 Å². The summed E-state index contributed by atoms with van der Waals surface area (Å²) < 4.78 is 0. The lowest BCUT2D eigenvalue weighted by Crippen LogP contribution is -1.42. The van der Waals surface area contributed by atoms with Crippen molar-refractivity contribution in [2.45, 2.75) is 0 Å². The summed E-state index contributed by atoms with van der Waals surface area (Å²) in [5.41, 5.74) is 0. The first-order valence-electron chi connectivity index (χ1n) is 1.06. The Balaban J connectivity index is 3.64. The zero-order valence-corrected chi connectivity index (χ0v) is 3.53. The van der Waals surface area contributed by atoms with E-state index in [0.29, 0.717) is 0 Å². The Bertz CT molecular complexity index is 104. The summed E-state index contributed by atoms with van der Waals surface area (Å²) in [6.07, 6.45) is 1.15. The minimum atomic E-state index is 1.15. The van der Waals surface area contributed by atoms with Gasteiger partial charge in [-0.1, -0.05) is 10.2 Å². The maximum atomic E-state index is 9.09. The summed E-state index contributed by atoms with van der Waals surface area (Å²) in [6.45, 7) is 0. The van der Waals surface area contributed by atoms with E-state index in [1.165, 1.54) is 0 Å². The molecule has 30 valence electrons. The fourth-order valence-electron chi connectivity index (χ4n) is 0.0408. The average molecular weight is 100 g/mol. The van der Waals surface area contributed by atoms with Crippen LogP contribution in [0.5, 0.6) is 0 Å². The van der Waals surface area contributed by atoms with Crippen LogP contribution in [0.25, 0.3) is 0 Å². The van der Waals surface area contributed by atoms with Crippen LogP contribution < -0.4 is 0 Å². The van der Waals surface area contributed by atoms with Gasteiger partial charge in [0.15, 0.2) is 0 Å². The fourth-order valence-corrected chi connectivity index (χ4v) is 0.0816. The van der Waals surface area contributed by atoms with Crippen molar-refractivity contribution in [3.05, 3.63) is 0 Å². The minimum absolute atomic E-state index is 1.15. The highest BCUT2D eigenvalue weighted by Crippen LogP contribution is 1.55. The molecular weight excluding hydrogens is 100 g/mol. The van der Waals surface area contributed by atoms with Gasteiger partial charge in [0.1, 0.15) is 0 Å². The summed E-state index contributed by atoms with van der Waals surface area (Å²) >= 11 is 4.03. The van der Waals surface area contributed by atoms with Gasteiger partial charge in [-0.15, -0.1) is 0 Å². The largest absolute Gasteiger partial charge is 0.261 e. The van der Waals surface area contributed by atoms with E-state index in [9.17, 15) is 0 Å². The Kier molecular flexibility index (Phi) is 3.61. The first-order chi connectivity index (χ1) is 2.91. The maximum absolute atomic E-state index is 9.09. The molecule has 0 N–H and O–H groups in total. The van der Waals surface area contributed by atoms with Crippen LogP contribution in [0, 0.1) is 0 Å². The van der Waals surface area contributed by atoms with Crippen LogP contribution in [0.1, 0.15) is 0 Å². The van der Waals surface area contributed by atoms with Crippen molar-refractivity contribution in [3.8, 4) is 0 Å². The zero-order chi connectivity index (χ0) is 4.83. The number of carbonyl (C=O) groups excluding carboxylic acids is 1. The molecular formula is C2N2OS. The monoisotopic (exact) mass is 100.0 g/mol. The SMILES string of the molecule is O=C=NN=C=S. The standard InChI is InChI=1S/C2N2OS/c5-1-3-4-2-6. The van der Waals surface area contributed by atoms with Crippen molar-refractivity contribution in [1.82, 2.24) is 0 Å². The second kappa shape index (κ2) is 4.18. The lowest BCUT2D eigenvalue weighted by molar-refractivity contribution is 0.563. The van der Waals surface area contributed by atoms with Gasteiger partial charge in [-0.3, -0.25) is 0 Å². The summed E-state index contributed by atoms with van der Waals surface area (Å²) in [6, 6.07) is 0. The van der Waals surface area contributed by atoms with Crippen molar-refractivity contribution in [2.75, 3.05) is 0 Å². The van der Waals surface area contributed by atoms with Crippen molar-refractivity contribution < 1.29 is 4.79 Å². The number of nitrogens with zero attached hydrogens (tertiary/aromatic N) is 2. The van der Waals surface area contributed by atoms with Crippen LogP contribution in [-0.4, -0.2) is 11.2 Å². The third kappa shape index (κ3) is 3.18. The molecule has 0 unspecified atom stereocenters. The molecule has 0 aromatic heterocycles. The maximum Gasteiger partial charge on any atom is 0.261 e. The molecule has 0 rings (SSSR count).